The lowest BCUT2D eigenvalue weighted by Crippen LogP contribution is -2.38. The first-order valence-corrected chi connectivity index (χ1v) is 5.87. The summed E-state index contributed by atoms with van der Waals surface area (Å²) in [7, 11) is 0. The standard InChI is InChI=1S/C9H14N2O4S/c10-7-1-2-11(9(14)16-7)8-3-5(13)6(4-12)15-8/h1-2,5-8,12-13H,3-4,10H2/t5-,6+,7?,8+/m0/s1. The lowest BCUT2D eigenvalue weighted by atomic mass is 10.2. The van der Waals surface area contributed by atoms with Crippen molar-refractivity contribution >= 4 is 17.0 Å². The van der Waals surface area contributed by atoms with Gasteiger partial charge >= 0.3 is 0 Å². The summed E-state index contributed by atoms with van der Waals surface area (Å²) in [5.74, 6) is 0. The van der Waals surface area contributed by atoms with Gasteiger partial charge in [-0.25, -0.2) is 0 Å². The number of aliphatic hydroxyl groups is 2. The van der Waals surface area contributed by atoms with E-state index in [-0.39, 0.29) is 17.2 Å². The summed E-state index contributed by atoms with van der Waals surface area (Å²) in [5, 5.41) is 17.9. The SMILES string of the molecule is NC1C=CN([C@H]2C[C@H](O)[C@@H](CO)O2)C(=O)S1. The van der Waals surface area contributed by atoms with E-state index >= 15 is 0 Å². The molecule has 0 radical (unpaired) electrons. The number of hydrogen-bond donors (Lipinski definition) is 3. The van der Waals surface area contributed by atoms with Gasteiger partial charge in [0, 0.05) is 12.6 Å². The van der Waals surface area contributed by atoms with Crippen LogP contribution < -0.4 is 5.73 Å². The minimum absolute atomic E-state index is 0.203. The van der Waals surface area contributed by atoms with Gasteiger partial charge in [-0.1, -0.05) is 0 Å². The molecule has 2 rings (SSSR count). The molecule has 0 aromatic rings. The molecule has 1 saturated heterocycles. The summed E-state index contributed by atoms with van der Waals surface area (Å²) in [6.07, 6.45) is 1.69. The number of thioether (sulfide) groups is 1. The van der Waals surface area contributed by atoms with Crippen LogP contribution in [0.2, 0.25) is 0 Å². The predicted octanol–water partition coefficient (Wildman–Crippen LogP) is -0.578. The minimum atomic E-state index is -0.739. The van der Waals surface area contributed by atoms with Gasteiger partial charge in [-0.05, 0) is 17.8 Å². The van der Waals surface area contributed by atoms with E-state index in [0.29, 0.717) is 6.42 Å². The van der Waals surface area contributed by atoms with Crippen LogP contribution in [0.15, 0.2) is 12.3 Å². The summed E-state index contributed by atoms with van der Waals surface area (Å²) in [4.78, 5) is 13.0. The Morgan fingerprint density at radius 2 is 2.44 bits per heavy atom. The van der Waals surface area contributed by atoms with Gasteiger partial charge in [0.25, 0.3) is 5.24 Å². The zero-order valence-electron chi connectivity index (χ0n) is 8.52. The number of hydrogen-bond acceptors (Lipinski definition) is 6. The van der Waals surface area contributed by atoms with Crippen molar-refractivity contribution in [2.45, 2.75) is 30.2 Å². The molecule has 0 aromatic heterocycles. The number of ether oxygens (including phenoxy) is 1. The van der Waals surface area contributed by atoms with Gasteiger partial charge in [0.05, 0.1) is 18.1 Å². The average molecular weight is 246 g/mol. The highest BCUT2D eigenvalue weighted by Gasteiger charge is 2.39. The molecular formula is C9H14N2O4S. The summed E-state index contributed by atoms with van der Waals surface area (Å²) in [5.41, 5.74) is 5.57. The summed E-state index contributed by atoms with van der Waals surface area (Å²) in [6, 6.07) is 0. The second kappa shape index (κ2) is 4.72. The smallest absolute Gasteiger partial charge is 0.289 e. The molecule has 0 aliphatic carbocycles. The number of rotatable bonds is 2. The molecule has 0 aromatic carbocycles. The normalized spacial score (nSPS) is 39.4. The molecule has 6 nitrogen and oxygen atoms in total. The fourth-order valence-electron chi connectivity index (χ4n) is 1.72. The van der Waals surface area contributed by atoms with E-state index < -0.39 is 18.4 Å². The lowest BCUT2D eigenvalue weighted by Gasteiger charge is -2.28. The van der Waals surface area contributed by atoms with Crippen LogP contribution in [0.1, 0.15) is 6.42 Å². The second-order valence-electron chi connectivity index (χ2n) is 3.71. The van der Waals surface area contributed by atoms with Crippen molar-refractivity contribution in [3.63, 3.8) is 0 Å². The van der Waals surface area contributed by atoms with Crippen molar-refractivity contribution in [1.29, 1.82) is 0 Å². The minimum Gasteiger partial charge on any atom is -0.394 e. The van der Waals surface area contributed by atoms with Gasteiger partial charge in [-0.3, -0.25) is 9.69 Å². The van der Waals surface area contributed by atoms with E-state index in [2.05, 4.69) is 0 Å². The van der Waals surface area contributed by atoms with Gasteiger partial charge in [0.2, 0.25) is 0 Å². The van der Waals surface area contributed by atoms with Crippen LogP contribution >= 0.6 is 11.8 Å². The monoisotopic (exact) mass is 246 g/mol. The number of aliphatic hydroxyl groups excluding tert-OH is 2. The molecule has 4 N–H and O–H groups in total. The van der Waals surface area contributed by atoms with E-state index in [9.17, 15) is 9.90 Å². The van der Waals surface area contributed by atoms with Crippen LogP contribution in [0.25, 0.3) is 0 Å². The highest BCUT2D eigenvalue weighted by molar-refractivity contribution is 8.14. The third-order valence-electron chi connectivity index (χ3n) is 2.58. The van der Waals surface area contributed by atoms with Gasteiger partial charge in [-0.2, -0.15) is 0 Å². The third kappa shape index (κ3) is 2.23. The molecule has 1 fully saturated rings. The average Bonchev–Trinajstić information content (AvgIpc) is 2.59. The van der Waals surface area contributed by atoms with Gasteiger partial charge in [-0.15, -0.1) is 0 Å². The molecule has 16 heavy (non-hydrogen) atoms. The van der Waals surface area contributed by atoms with E-state index in [4.69, 9.17) is 15.6 Å². The fourth-order valence-corrected chi connectivity index (χ4v) is 2.40. The molecular weight excluding hydrogens is 232 g/mol. The Bertz CT molecular complexity index is 312. The maximum atomic E-state index is 11.6. The summed E-state index contributed by atoms with van der Waals surface area (Å²) in [6.45, 7) is -0.254. The maximum absolute atomic E-state index is 11.6. The van der Waals surface area contributed by atoms with E-state index in [1.54, 1.807) is 12.3 Å². The van der Waals surface area contributed by atoms with Crippen LogP contribution in [0.4, 0.5) is 4.79 Å². The highest BCUT2D eigenvalue weighted by atomic mass is 32.2. The number of carbonyl (C=O) groups excluding carboxylic acids is 1. The third-order valence-corrected chi connectivity index (χ3v) is 3.42. The van der Waals surface area contributed by atoms with Crippen LogP contribution in [0.3, 0.4) is 0 Å². The van der Waals surface area contributed by atoms with Gasteiger partial charge in [0.1, 0.15) is 12.3 Å². The van der Waals surface area contributed by atoms with Crippen LogP contribution in [-0.2, 0) is 4.74 Å². The summed E-state index contributed by atoms with van der Waals surface area (Å²) < 4.78 is 5.37. The van der Waals surface area contributed by atoms with Crippen molar-refractivity contribution in [3.8, 4) is 0 Å². The highest BCUT2D eigenvalue weighted by Crippen LogP contribution is 2.29. The number of amides is 1. The van der Waals surface area contributed by atoms with Crippen molar-refractivity contribution in [1.82, 2.24) is 4.90 Å². The van der Waals surface area contributed by atoms with Crippen LogP contribution in [0, 0.1) is 0 Å². The van der Waals surface area contributed by atoms with E-state index in [1.165, 1.54) is 4.90 Å². The molecule has 0 bridgehead atoms. The quantitative estimate of drug-likeness (QED) is 0.603. The number of carbonyl (C=O) groups is 1. The van der Waals surface area contributed by atoms with Crippen molar-refractivity contribution < 1.29 is 19.7 Å². The summed E-state index contributed by atoms with van der Waals surface area (Å²) >= 11 is 1.00. The van der Waals surface area contributed by atoms with Gasteiger partial charge < -0.3 is 20.7 Å². The number of nitrogens with zero attached hydrogens (tertiary/aromatic N) is 1. The van der Waals surface area contributed by atoms with Gasteiger partial charge in [0.15, 0.2) is 0 Å². The first-order valence-electron chi connectivity index (χ1n) is 4.99. The molecule has 0 spiro atoms. The van der Waals surface area contributed by atoms with Crippen molar-refractivity contribution in [3.05, 3.63) is 12.3 Å². The van der Waals surface area contributed by atoms with Crippen LogP contribution in [-0.4, -0.2) is 50.8 Å². The first-order chi connectivity index (χ1) is 7.61. The lowest BCUT2D eigenvalue weighted by molar-refractivity contribution is -0.0513. The Morgan fingerprint density at radius 1 is 1.69 bits per heavy atom. The van der Waals surface area contributed by atoms with E-state index in [1.807, 2.05) is 0 Å². The molecule has 2 heterocycles. The topological polar surface area (TPSA) is 96.0 Å². The maximum Gasteiger partial charge on any atom is 0.289 e. The Kier molecular flexibility index (Phi) is 3.50. The molecule has 7 heteroatoms. The predicted molar refractivity (Wildman–Crippen MR) is 58.3 cm³/mol. The van der Waals surface area contributed by atoms with Crippen molar-refractivity contribution in [2.24, 2.45) is 5.73 Å². The second-order valence-corrected chi connectivity index (χ2v) is 4.84. The fraction of sp³-hybridized carbons (Fsp3) is 0.667. The Hall–Kier alpha value is -0.600. The molecule has 2 aliphatic rings. The zero-order valence-corrected chi connectivity index (χ0v) is 9.34. The Labute approximate surface area is 97.0 Å². The Morgan fingerprint density at radius 3 is 3.00 bits per heavy atom. The first kappa shape index (κ1) is 11.9. The zero-order chi connectivity index (χ0) is 11.7. The molecule has 2 aliphatic heterocycles. The largest absolute Gasteiger partial charge is 0.394 e. The molecule has 4 atom stereocenters. The van der Waals surface area contributed by atoms with Crippen molar-refractivity contribution in [2.75, 3.05) is 6.61 Å². The molecule has 90 valence electrons. The molecule has 1 amide bonds. The number of nitrogens with two attached hydrogens (primary N) is 1. The molecule has 1 unspecified atom stereocenters. The molecule has 0 saturated carbocycles. The Balaban J connectivity index is 2.04. The van der Waals surface area contributed by atoms with Crippen LogP contribution in [0.5, 0.6) is 0 Å². The van der Waals surface area contributed by atoms with E-state index in [0.717, 1.165) is 11.8 Å².